The van der Waals surface area contributed by atoms with E-state index in [1.807, 2.05) is 30.3 Å². The lowest BCUT2D eigenvalue weighted by Gasteiger charge is -2.38. The van der Waals surface area contributed by atoms with Gasteiger partial charge >= 0.3 is 17.8 Å². The van der Waals surface area contributed by atoms with E-state index in [-0.39, 0.29) is 35.9 Å². The number of halogens is 1. The molecule has 1 aliphatic rings. The fraction of sp³-hybridized carbons (Fsp3) is 0.348. The van der Waals surface area contributed by atoms with Crippen LogP contribution < -0.4 is 4.90 Å². The fourth-order valence-electron chi connectivity index (χ4n) is 3.57. The molecule has 0 saturated carbocycles. The van der Waals surface area contributed by atoms with E-state index in [9.17, 15) is 24.5 Å². The molecule has 10 heteroatoms. The molecule has 1 saturated heterocycles. The molecule has 9 nitrogen and oxygen atoms in total. The van der Waals surface area contributed by atoms with Gasteiger partial charge in [-0.2, -0.15) is 0 Å². The molecule has 2 aromatic carbocycles. The standard InChI is InChI=1S/C23H24ClN3O6/c1-23(2,3)33-22(30)19(13-15-7-5-4-6-8-15)26-12-11-25(20(28)21(26)29)18-14-16(24)9-10-17(18)27(31)32/h4-10,14,19H,11-13H2,1-3H3/t19-/m0/s1. The maximum Gasteiger partial charge on any atom is 0.329 e. The summed E-state index contributed by atoms with van der Waals surface area (Å²) in [6.07, 6.45) is 0.159. The van der Waals surface area contributed by atoms with Crippen molar-refractivity contribution in [1.82, 2.24) is 4.90 Å². The quantitative estimate of drug-likeness (QED) is 0.275. The minimum Gasteiger partial charge on any atom is -0.458 e. The molecule has 0 aromatic heterocycles. The summed E-state index contributed by atoms with van der Waals surface area (Å²) < 4.78 is 5.52. The topological polar surface area (TPSA) is 110 Å². The predicted octanol–water partition coefficient (Wildman–Crippen LogP) is 3.38. The number of nitro groups is 1. The number of rotatable bonds is 6. The third-order valence-corrected chi connectivity index (χ3v) is 5.24. The lowest BCUT2D eigenvalue weighted by atomic mass is 10.0. The summed E-state index contributed by atoms with van der Waals surface area (Å²) in [4.78, 5) is 52.1. The molecule has 1 heterocycles. The Morgan fingerprint density at radius 2 is 1.79 bits per heavy atom. The first kappa shape index (κ1) is 24.2. The summed E-state index contributed by atoms with van der Waals surface area (Å²) in [6.45, 7) is 5.10. The maximum atomic E-state index is 13.1. The van der Waals surface area contributed by atoms with Gasteiger partial charge in [0, 0.05) is 30.6 Å². The highest BCUT2D eigenvalue weighted by Crippen LogP contribution is 2.33. The van der Waals surface area contributed by atoms with Crippen LogP contribution in [0.1, 0.15) is 26.3 Å². The highest BCUT2D eigenvalue weighted by Gasteiger charge is 2.42. The molecular formula is C23H24ClN3O6. The molecule has 0 bridgehead atoms. The van der Waals surface area contributed by atoms with Crippen molar-refractivity contribution in [2.24, 2.45) is 0 Å². The average Bonchev–Trinajstić information content (AvgIpc) is 2.73. The molecule has 0 unspecified atom stereocenters. The largest absolute Gasteiger partial charge is 0.458 e. The van der Waals surface area contributed by atoms with Crippen LogP contribution in [-0.2, 0) is 25.5 Å². The Kier molecular flexibility index (Phi) is 7.02. The van der Waals surface area contributed by atoms with Crippen LogP contribution in [0.5, 0.6) is 0 Å². The van der Waals surface area contributed by atoms with E-state index in [2.05, 4.69) is 0 Å². The Bertz CT molecular complexity index is 1080. The van der Waals surface area contributed by atoms with Crippen LogP contribution in [0.3, 0.4) is 0 Å². The third kappa shape index (κ3) is 5.67. The van der Waals surface area contributed by atoms with Crippen molar-refractivity contribution in [3.8, 4) is 0 Å². The number of nitro benzene ring substituents is 1. The van der Waals surface area contributed by atoms with E-state index in [4.69, 9.17) is 16.3 Å². The van der Waals surface area contributed by atoms with E-state index < -0.39 is 34.3 Å². The molecule has 2 amide bonds. The maximum absolute atomic E-state index is 13.1. The fourth-order valence-corrected chi connectivity index (χ4v) is 3.74. The molecule has 3 rings (SSSR count). The van der Waals surface area contributed by atoms with Crippen molar-refractivity contribution in [2.75, 3.05) is 18.0 Å². The monoisotopic (exact) mass is 473 g/mol. The van der Waals surface area contributed by atoms with E-state index in [0.717, 1.165) is 10.5 Å². The molecule has 1 aliphatic heterocycles. The number of nitrogens with zero attached hydrogens (tertiary/aromatic N) is 3. The van der Waals surface area contributed by atoms with Crippen LogP contribution in [0, 0.1) is 10.1 Å². The van der Waals surface area contributed by atoms with Gasteiger partial charge in [0.15, 0.2) is 0 Å². The minimum absolute atomic E-state index is 0.00894. The van der Waals surface area contributed by atoms with Crippen LogP contribution in [-0.4, -0.2) is 52.3 Å². The first-order chi connectivity index (χ1) is 15.5. The van der Waals surface area contributed by atoms with E-state index in [0.29, 0.717) is 0 Å². The van der Waals surface area contributed by atoms with Crippen LogP contribution in [0.25, 0.3) is 0 Å². The first-order valence-corrected chi connectivity index (χ1v) is 10.7. The number of amides is 2. The summed E-state index contributed by atoms with van der Waals surface area (Å²) in [7, 11) is 0. The van der Waals surface area contributed by atoms with Crippen LogP contribution >= 0.6 is 11.6 Å². The molecule has 0 aliphatic carbocycles. The molecule has 0 N–H and O–H groups in total. The number of benzene rings is 2. The average molecular weight is 474 g/mol. The number of carbonyl (C=O) groups excluding carboxylic acids is 3. The molecule has 174 valence electrons. The molecule has 1 atom stereocenters. The van der Waals surface area contributed by atoms with Gasteiger partial charge in [0.2, 0.25) is 0 Å². The van der Waals surface area contributed by atoms with Crippen LogP contribution in [0.2, 0.25) is 5.02 Å². The Balaban J connectivity index is 1.91. The number of carbonyl (C=O) groups is 3. The number of hydrogen-bond acceptors (Lipinski definition) is 6. The Hall–Kier alpha value is -3.46. The smallest absolute Gasteiger partial charge is 0.329 e. The summed E-state index contributed by atoms with van der Waals surface area (Å²) in [5.74, 6) is -2.55. The second-order valence-electron chi connectivity index (χ2n) is 8.58. The van der Waals surface area contributed by atoms with Gasteiger partial charge in [-0.1, -0.05) is 41.9 Å². The highest BCUT2D eigenvalue weighted by atomic mass is 35.5. The van der Waals surface area contributed by atoms with Gasteiger partial charge in [-0.15, -0.1) is 0 Å². The lowest BCUT2D eigenvalue weighted by molar-refractivity contribution is -0.384. The van der Waals surface area contributed by atoms with Crippen molar-refractivity contribution in [2.45, 2.75) is 38.8 Å². The molecule has 2 aromatic rings. The summed E-state index contributed by atoms with van der Waals surface area (Å²) >= 11 is 5.98. The van der Waals surface area contributed by atoms with Crippen LogP contribution in [0.4, 0.5) is 11.4 Å². The highest BCUT2D eigenvalue weighted by molar-refractivity contribution is 6.41. The predicted molar refractivity (Wildman–Crippen MR) is 122 cm³/mol. The molecule has 1 fully saturated rings. The van der Waals surface area contributed by atoms with Crippen molar-refractivity contribution in [3.05, 3.63) is 69.2 Å². The molecule has 0 radical (unpaired) electrons. The molecule has 0 spiro atoms. The lowest BCUT2D eigenvalue weighted by Crippen LogP contribution is -2.60. The van der Waals surface area contributed by atoms with Crippen LogP contribution in [0.15, 0.2) is 48.5 Å². The second kappa shape index (κ2) is 9.58. The van der Waals surface area contributed by atoms with E-state index in [1.54, 1.807) is 20.8 Å². The van der Waals surface area contributed by atoms with Crippen molar-refractivity contribution in [1.29, 1.82) is 0 Å². The van der Waals surface area contributed by atoms with Crippen molar-refractivity contribution in [3.63, 3.8) is 0 Å². The first-order valence-electron chi connectivity index (χ1n) is 10.3. The van der Waals surface area contributed by atoms with Gasteiger partial charge in [0.05, 0.1) is 4.92 Å². The van der Waals surface area contributed by atoms with Gasteiger partial charge in [0.1, 0.15) is 17.3 Å². The number of piperazine rings is 1. The Morgan fingerprint density at radius 1 is 1.12 bits per heavy atom. The summed E-state index contributed by atoms with van der Waals surface area (Å²) in [6, 6.07) is 11.8. The van der Waals surface area contributed by atoms with Gasteiger partial charge in [0.25, 0.3) is 5.69 Å². The summed E-state index contributed by atoms with van der Waals surface area (Å²) in [5, 5.41) is 11.6. The van der Waals surface area contributed by atoms with Crippen molar-refractivity contribution >= 4 is 40.8 Å². The van der Waals surface area contributed by atoms with Gasteiger partial charge in [-0.25, -0.2) is 4.79 Å². The van der Waals surface area contributed by atoms with E-state index >= 15 is 0 Å². The third-order valence-electron chi connectivity index (χ3n) is 5.01. The minimum atomic E-state index is -1.03. The van der Waals surface area contributed by atoms with E-state index in [1.165, 1.54) is 23.1 Å². The van der Waals surface area contributed by atoms with Gasteiger partial charge < -0.3 is 9.64 Å². The summed E-state index contributed by atoms with van der Waals surface area (Å²) in [5.41, 5.74) is -0.409. The molecule has 33 heavy (non-hydrogen) atoms. The second-order valence-corrected chi connectivity index (χ2v) is 9.02. The normalized spacial score (nSPS) is 15.4. The number of anilines is 1. The van der Waals surface area contributed by atoms with Gasteiger partial charge in [-0.05, 0) is 38.5 Å². The zero-order valence-electron chi connectivity index (χ0n) is 18.5. The Morgan fingerprint density at radius 3 is 2.39 bits per heavy atom. The zero-order chi connectivity index (χ0) is 24.3. The van der Waals surface area contributed by atoms with Crippen molar-refractivity contribution < 1.29 is 24.0 Å². The zero-order valence-corrected chi connectivity index (χ0v) is 19.2. The number of esters is 1. The number of ether oxygens (including phenoxy) is 1. The Labute approximate surface area is 196 Å². The SMILES string of the molecule is CC(C)(C)OC(=O)[C@H](Cc1ccccc1)N1CCN(c2cc(Cl)ccc2[N+](=O)[O-])C(=O)C1=O. The molecular weight excluding hydrogens is 450 g/mol. The number of hydrogen-bond donors (Lipinski definition) is 0. The van der Waals surface area contributed by atoms with Gasteiger partial charge in [-0.3, -0.25) is 24.6 Å².